The highest BCUT2D eigenvalue weighted by molar-refractivity contribution is 5.27. The summed E-state index contributed by atoms with van der Waals surface area (Å²) in [6, 6.07) is 8.40. The topological polar surface area (TPSA) is 47.3 Å². The molecule has 19 heavy (non-hydrogen) atoms. The van der Waals surface area contributed by atoms with Crippen LogP contribution in [-0.2, 0) is 17.7 Å². The minimum absolute atomic E-state index is 0.281. The van der Waals surface area contributed by atoms with Crippen LogP contribution in [0, 0.1) is 5.41 Å². The SMILES string of the molecule is COCCC(C)(C)CNCCc1ccccc1CN. The zero-order valence-electron chi connectivity index (χ0n) is 12.5. The maximum atomic E-state index is 5.74. The normalized spacial score (nSPS) is 11.8. The quantitative estimate of drug-likeness (QED) is 0.673. The third-order valence-corrected chi connectivity index (χ3v) is 3.50. The number of rotatable bonds is 9. The molecule has 0 amide bonds. The smallest absolute Gasteiger partial charge is 0.0467 e. The molecule has 0 aromatic heterocycles. The summed E-state index contributed by atoms with van der Waals surface area (Å²) in [7, 11) is 1.76. The second-order valence-electron chi connectivity index (χ2n) is 5.81. The molecule has 0 unspecified atom stereocenters. The summed E-state index contributed by atoms with van der Waals surface area (Å²) in [6.07, 6.45) is 2.11. The second kappa shape index (κ2) is 8.31. The lowest BCUT2D eigenvalue weighted by Crippen LogP contribution is -2.31. The molecule has 0 aliphatic heterocycles. The van der Waals surface area contributed by atoms with Crippen LogP contribution in [-0.4, -0.2) is 26.8 Å². The molecule has 0 aliphatic carbocycles. The summed E-state index contributed by atoms with van der Waals surface area (Å²) in [4.78, 5) is 0. The Hall–Kier alpha value is -0.900. The Labute approximate surface area is 117 Å². The molecule has 1 aromatic carbocycles. The summed E-state index contributed by atoms with van der Waals surface area (Å²) in [5, 5.41) is 3.54. The van der Waals surface area contributed by atoms with Gasteiger partial charge in [0.05, 0.1) is 0 Å². The Morgan fingerprint density at radius 3 is 2.53 bits per heavy atom. The number of hydrogen-bond donors (Lipinski definition) is 2. The Bertz CT molecular complexity index is 364. The lowest BCUT2D eigenvalue weighted by atomic mass is 9.89. The van der Waals surface area contributed by atoms with Crippen LogP contribution in [0.2, 0.25) is 0 Å². The van der Waals surface area contributed by atoms with Crippen molar-refractivity contribution in [2.24, 2.45) is 11.1 Å². The van der Waals surface area contributed by atoms with E-state index in [9.17, 15) is 0 Å². The molecule has 3 nitrogen and oxygen atoms in total. The van der Waals surface area contributed by atoms with Crippen molar-refractivity contribution in [3.8, 4) is 0 Å². The van der Waals surface area contributed by atoms with Crippen LogP contribution in [0.4, 0.5) is 0 Å². The molecule has 0 saturated carbocycles. The van der Waals surface area contributed by atoms with Gasteiger partial charge in [-0.1, -0.05) is 38.1 Å². The van der Waals surface area contributed by atoms with Gasteiger partial charge in [0.15, 0.2) is 0 Å². The van der Waals surface area contributed by atoms with Crippen molar-refractivity contribution in [3.05, 3.63) is 35.4 Å². The second-order valence-corrected chi connectivity index (χ2v) is 5.81. The molecule has 0 saturated heterocycles. The third kappa shape index (κ3) is 6.19. The molecule has 0 aliphatic rings. The molecule has 0 heterocycles. The van der Waals surface area contributed by atoms with E-state index in [1.807, 2.05) is 6.07 Å². The fourth-order valence-corrected chi connectivity index (χ4v) is 2.12. The van der Waals surface area contributed by atoms with Gasteiger partial charge in [0.2, 0.25) is 0 Å². The fraction of sp³-hybridized carbons (Fsp3) is 0.625. The Balaban J connectivity index is 2.30. The van der Waals surface area contributed by atoms with Gasteiger partial charge < -0.3 is 15.8 Å². The maximum Gasteiger partial charge on any atom is 0.0467 e. The molecule has 3 heteroatoms. The van der Waals surface area contributed by atoms with Crippen molar-refractivity contribution in [3.63, 3.8) is 0 Å². The Morgan fingerprint density at radius 1 is 1.21 bits per heavy atom. The van der Waals surface area contributed by atoms with Crippen LogP contribution in [0.5, 0.6) is 0 Å². The standard InChI is InChI=1S/C16H28N2O/c1-16(2,9-11-19-3)13-18-10-8-14-6-4-5-7-15(14)12-17/h4-7,18H,8-13,17H2,1-3H3. The van der Waals surface area contributed by atoms with Gasteiger partial charge in [0.1, 0.15) is 0 Å². The molecular weight excluding hydrogens is 236 g/mol. The Morgan fingerprint density at radius 2 is 1.89 bits per heavy atom. The van der Waals surface area contributed by atoms with Gasteiger partial charge in [-0.15, -0.1) is 0 Å². The minimum Gasteiger partial charge on any atom is -0.385 e. The highest BCUT2D eigenvalue weighted by Gasteiger charge is 2.16. The lowest BCUT2D eigenvalue weighted by molar-refractivity contribution is 0.151. The van der Waals surface area contributed by atoms with Crippen LogP contribution in [0.3, 0.4) is 0 Å². The Kier molecular flexibility index (Phi) is 7.06. The molecule has 0 bridgehead atoms. The summed E-state index contributed by atoms with van der Waals surface area (Å²) >= 11 is 0. The molecule has 0 spiro atoms. The molecule has 3 N–H and O–H groups in total. The van der Waals surface area contributed by atoms with Crippen molar-refractivity contribution in [1.82, 2.24) is 5.32 Å². The van der Waals surface area contributed by atoms with E-state index >= 15 is 0 Å². The zero-order chi connectivity index (χ0) is 14.1. The van der Waals surface area contributed by atoms with Crippen LogP contribution in [0.1, 0.15) is 31.4 Å². The first-order valence-corrected chi connectivity index (χ1v) is 7.05. The number of ether oxygens (including phenoxy) is 1. The molecule has 0 radical (unpaired) electrons. The first-order chi connectivity index (χ1) is 9.09. The van der Waals surface area contributed by atoms with Gasteiger partial charge in [-0.25, -0.2) is 0 Å². The number of nitrogens with one attached hydrogen (secondary N) is 1. The molecular formula is C16H28N2O. The average Bonchev–Trinajstić information content (AvgIpc) is 2.42. The van der Waals surface area contributed by atoms with E-state index in [4.69, 9.17) is 10.5 Å². The first-order valence-electron chi connectivity index (χ1n) is 7.05. The van der Waals surface area contributed by atoms with E-state index in [0.29, 0.717) is 6.54 Å². The zero-order valence-corrected chi connectivity index (χ0v) is 12.5. The predicted octanol–water partition coefficient (Wildman–Crippen LogP) is 2.34. The van der Waals surface area contributed by atoms with Crippen molar-refractivity contribution in [1.29, 1.82) is 0 Å². The van der Waals surface area contributed by atoms with Crippen molar-refractivity contribution in [2.45, 2.75) is 33.2 Å². The molecule has 0 atom stereocenters. The van der Waals surface area contributed by atoms with E-state index in [2.05, 4.69) is 37.4 Å². The number of benzene rings is 1. The van der Waals surface area contributed by atoms with Gasteiger partial charge in [-0.2, -0.15) is 0 Å². The van der Waals surface area contributed by atoms with Crippen LogP contribution >= 0.6 is 0 Å². The highest BCUT2D eigenvalue weighted by Crippen LogP contribution is 2.18. The van der Waals surface area contributed by atoms with Crippen molar-refractivity contribution < 1.29 is 4.74 Å². The number of methoxy groups -OCH3 is 1. The van der Waals surface area contributed by atoms with Gasteiger partial charge in [0.25, 0.3) is 0 Å². The largest absolute Gasteiger partial charge is 0.385 e. The van der Waals surface area contributed by atoms with Crippen LogP contribution in [0.15, 0.2) is 24.3 Å². The van der Waals surface area contributed by atoms with Crippen LogP contribution < -0.4 is 11.1 Å². The molecule has 1 rings (SSSR count). The number of hydrogen-bond acceptors (Lipinski definition) is 3. The summed E-state index contributed by atoms with van der Waals surface area (Å²) in [6.45, 7) is 7.99. The van der Waals surface area contributed by atoms with Gasteiger partial charge in [-0.3, -0.25) is 0 Å². The average molecular weight is 264 g/mol. The highest BCUT2D eigenvalue weighted by atomic mass is 16.5. The summed E-state index contributed by atoms with van der Waals surface area (Å²) < 4.78 is 5.14. The molecule has 108 valence electrons. The monoisotopic (exact) mass is 264 g/mol. The first kappa shape index (κ1) is 16.2. The minimum atomic E-state index is 0.281. The van der Waals surface area contributed by atoms with Gasteiger partial charge in [0, 0.05) is 26.8 Å². The molecule has 1 aromatic rings. The lowest BCUT2D eigenvalue weighted by Gasteiger charge is -2.24. The summed E-state index contributed by atoms with van der Waals surface area (Å²) in [5.74, 6) is 0. The molecule has 0 fully saturated rings. The predicted molar refractivity (Wildman–Crippen MR) is 81.2 cm³/mol. The van der Waals surface area contributed by atoms with Gasteiger partial charge in [-0.05, 0) is 35.9 Å². The van der Waals surface area contributed by atoms with E-state index in [1.54, 1.807) is 7.11 Å². The van der Waals surface area contributed by atoms with E-state index in [0.717, 1.165) is 32.5 Å². The maximum absolute atomic E-state index is 5.74. The van der Waals surface area contributed by atoms with Crippen LogP contribution in [0.25, 0.3) is 0 Å². The van der Waals surface area contributed by atoms with E-state index in [-0.39, 0.29) is 5.41 Å². The van der Waals surface area contributed by atoms with Gasteiger partial charge >= 0.3 is 0 Å². The summed E-state index contributed by atoms with van der Waals surface area (Å²) in [5.41, 5.74) is 8.63. The number of nitrogens with two attached hydrogens (primary N) is 1. The van der Waals surface area contributed by atoms with E-state index < -0.39 is 0 Å². The third-order valence-electron chi connectivity index (χ3n) is 3.50. The van der Waals surface area contributed by atoms with Crippen molar-refractivity contribution in [2.75, 3.05) is 26.8 Å². The van der Waals surface area contributed by atoms with Crippen molar-refractivity contribution >= 4 is 0 Å². The fourth-order valence-electron chi connectivity index (χ4n) is 2.12. The van der Waals surface area contributed by atoms with E-state index in [1.165, 1.54) is 11.1 Å².